The van der Waals surface area contributed by atoms with Gasteiger partial charge in [0.05, 0.1) is 6.26 Å². The topological polar surface area (TPSA) is 106 Å². The van der Waals surface area contributed by atoms with Gasteiger partial charge in [0, 0.05) is 0 Å². The van der Waals surface area contributed by atoms with Crippen LogP contribution in [-0.4, -0.2) is 21.4 Å². The first-order valence-corrected chi connectivity index (χ1v) is 8.05. The predicted molar refractivity (Wildman–Crippen MR) is 90.8 cm³/mol. The third-order valence-corrected chi connectivity index (χ3v) is 3.91. The van der Waals surface area contributed by atoms with Gasteiger partial charge in [-0.15, -0.1) is 10.2 Å². The number of nitrogens with zero attached hydrogens (tertiary/aromatic N) is 3. The van der Waals surface area contributed by atoms with E-state index in [4.69, 9.17) is 8.94 Å². The maximum absolute atomic E-state index is 12.1. The van der Waals surface area contributed by atoms with E-state index in [0.29, 0.717) is 39.5 Å². The maximum Gasteiger partial charge on any atom is 0.325 e. The zero-order valence-corrected chi connectivity index (χ0v) is 13.9. The van der Waals surface area contributed by atoms with E-state index in [2.05, 4.69) is 26.0 Å². The molecule has 3 aromatic heterocycles. The minimum Gasteiger partial charge on any atom is -0.465 e. The Labute approximate surface area is 141 Å². The molecule has 0 atom stereocenters. The summed E-state index contributed by atoms with van der Waals surface area (Å²) in [5.74, 6) is 1.27. The predicted octanol–water partition coefficient (Wildman–Crippen LogP) is 3.80. The Bertz CT molecular complexity index is 850. The molecule has 124 valence electrons. The average molecular weight is 345 g/mol. The lowest BCUT2D eigenvalue weighted by atomic mass is 10.2. The number of carbonyl (C=O) groups is 1. The van der Waals surface area contributed by atoms with E-state index in [0.717, 1.165) is 0 Å². The fourth-order valence-electron chi connectivity index (χ4n) is 1.95. The number of nitrogens with one attached hydrogen (secondary N) is 2. The molecule has 0 unspecified atom stereocenters. The monoisotopic (exact) mass is 345 g/mol. The molecule has 24 heavy (non-hydrogen) atoms. The molecule has 0 saturated carbocycles. The Balaban J connectivity index is 1.62. The van der Waals surface area contributed by atoms with E-state index in [-0.39, 0.29) is 0 Å². The second-order valence-corrected chi connectivity index (χ2v) is 5.80. The van der Waals surface area contributed by atoms with Crippen LogP contribution in [0.15, 0.2) is 27.3 Å². The van der Waals surface area contributed by atoms with Crippen LogP contribution in [-0.2, 0) is 6.42 Å². The zero-order chi connectivity index (χ0) is 16.9. The highest BCUT2D eigenvalue weighted by molar-refractivity contribution is 7.16. The van der Waals surface area contributed by atoms with Crippen molar-refractivity contribution in [2.75, 3.05) is 10.6 Å². The summed E-state index contributed by atoms with van der Waals surface area (Å²) in [5.41, 5.74) is 1.28. The van der Waals surface area contributed by atoms with Crippen LogP contribution >= 0.6 is 11.3 Å². The number of rotatable bonds is 5. The molecule has 3 rings (SSSR count). The lowest BCUT2D eigenvalue weighted by Crippen LogP contribution is -2.20. The van der Waals surface area contributed by atoms with Gasteiger partial charge in [0.15, 0.2) is 5.76 Å². The second-order valence-electron chi connectivity index (χ2n) is 4.79. The maximum atomic E-state index is 12.1. The Morgan fingerprint density at radius 1 is 1.33 bits per heavy atom. The molecule has 2 N–H and O–H groups in total. The highest BCUT2D eigenvalue weighted by atomic mass is 32.1. The van der Waals surface area contributed by atoms with Gasteiger partial charge in [-0.25, -0.2) is 4.79 Å². The van der Waals surface area contributed by atoms with Crippen molar-refractivity contribution in [3.8, 4) is 0 Å². The van der Waals surface area contributed by atoms with Crippen LogP contribution in [0.25, 0.3) is 12.2 Å². The van der Waals surface area contributed by atoms with Crippen molar-refractivity contribution < 1.29 is 13.7 Å². The molecule has 8 nitrogen and oxygen atoms in total. The number of aryl methyl sites for hydroxylation is 2. The molecule has 0 radical (unpaired) electrons. The third-order valence-electron chi connectivity index (χ3n) is 3.10. The van der Waals surface area contributed by atoms with Gasteiger partial charge in [0.1, 0.15) is 22.1 Å². The van der Waals surface area contributed by atoms with Crippen molar-refractivity contribution in [1.29, 1.82) is 0 Å². The van der Waals surface area contributed by atoms with Crippen LogP contribution < -0.4 is 10.6 Å². The van der Waals surface area contributed by atoms with Crippen molar-refractivity contribution >= 4 is 40.3 Å². The molecule has 0 spiro atoms. The van der Waals surface area contributed by atoms with E-state index >= 15 is 0 Å². The van der Waals surface area contributed by atoms with Crippen molar-refractivity contribution in [3.63, 3.8) is 0 Å². The van der Waals surface area contributed by atoms with Crippen LogP contribution in [0.1, 0.15) is 29.1 Å². The van der Waals surface area contributed by atoms with Crippen LogP contribution in [0.2, 0.25) is 0 Å². The van der Waals surface area contributed by atoms with E-state index in [1.165, 1.54) is 11.3 Å². The Hall–Kier alpha value is -2.94. The molecule has 2 amide bonds. The van der Waals surface area contributed by atoms with Gasteiger partial charge < -0.3 is 14.3 Å². The molecular formula is C15H15N5O3S. The van der Waals surface area contributed by atoms with E-state index < -0.39 is 6.03 Å². The summed E-state index contributed by atoms with van der Waals surface area (Å²) in [5, 5.41) is 18.2. The number of carbonyl (C=O) groups excluding carboxylic acids is 1. The molecule has 0 aromatic carbocycles. The fourth-order valence-corrected chi connectivity index (χ4v) is 2.59. The van der Waals surface area contributed by atoms with Gasteiger partial charge in [0.2, 0.25) is 5.13 Å². The summed E-state index contributed by atoms with van der Waals surface area (Å²) in [6.07, 6.45) is 5.79. The Morgan fingerprint density at radius 2 is 2.21 bits per heavy atom. The summed E-state index contributed by atoms with van der Waals surface area (Å²) in [4.78, 5) is 12.1. The minimum atomic E-state index is -0.422. The number of furan rings is 1. The van der Waals surface area contributed by atoms with E-state index in [1.54, 1.807) is 31.4 Å². The number of aromatic nitrogens is 3. The van der Waals surface area contributed by atoms with Crippen LogP contribution in [0.3, 0.4) is 0 Å². The summed E-state index contributed by atoms with van der Waals surface area (Å²) >= 11 is 1.25. The average Bonchev–Trinajstić information content (AvgIpc) is 3.29. The van der Waals surface area contributed by atoms with Gasteiger partial charge in [-0.05, 0) is 37.6 Å². The Morgan fingerprint density at radius 3 is 2.96 bits per heavy atom. The number of hydrogen-bond acceptors (Lipinski definition) is 7. The summed E-state index contributed by atoms with van der Waals surface area (Å²) < 4.78 is 10.3. The molecule has 0 bridgehead atoms. The normalized spacial score (nSPS) is 11.1. The van der Waals surface area contributed by atoms with Gasteiger partial charge in [-0.2, -0.15) is 0 Å². The summed E-state index contributed by atoms with van der Waals surface area (Å²) in [6, 6.07) is 3.21. The minimum absolute atomic E-state index is 0.388. The molecule has 3 aromatic rings. The van der Waals surface area contributed by atoms with Gasteiger partial charge in [-0.3, -0.25) is 5.32 Å². The molecule has 0 aliphatic heterocycles. The van der Waals surface area contributed by atoms with Crippen LogP contribution in [0.5, 0.6) is 0 Å². The van der Waals surface area contributed by atoms with E-state index in [1.807, 2.05) is 13.0 Å². The zero-order valence-electron chi connectivity index (χ0n) is 13.1. The molecule has 0 aliphatic carbocycles. The first kappa shape index (κ1) is 15.9. The van der Waals surface area contributed by atoms with Crippen LogP contribution in [0, 0.1) is 6.92 Å². The van der Waals surface area contributed by atoms with Gasteiger partial charge in [0.25, 0.3) is 0 Å². The summed E-state index contributed by atoms with van der Waals surface area (Å²) in [6.45, 7) is 3.67. The fraction of sp³-hybridized carbons (Fsp3) is 0.200. The van der Waals surface area contributed by atoms with Crippen molar-refractivity contribution in [2.24, 2.45) is 0 Å². The number of anilines is 2. The molecule has 9 heteroatoms. The standard InChI is InChI=1S/C15H15N5O3S/c1-3-11-13(9(2)23-20-11)16-14(21)17-15-19-18-12(24-15)7-6-10-5-4-8-22-10/h4-8H,3H2,1-2H3,(H2,16,17,19,21). The van der Waals surface area contributed by atoms with Crippen molar-refractivity contribution in [3.05, 3.63) is 40.6 Å². The largest absolute Gasteiger partial charge is 0.465 e. The first-order chi connectivity index (χ1) is 11.7. The lowest BCUT2D eigenvalue weighted by Gasteiger charge is -2.04. The molecular weight excluding hydrogens is 330 g/mol. The Kier molecular flexibility index (Phi) is 4.71. The van der Waals surface area contributed by atoms with Gasteiger partial charge in [-0.1, -0.05) is 23.4 Å². The second kappa shape index (κ2) is 7.09. The molecule has 0 aliphatic rings. The highest BCUT2D eigenvalue weighted by Crippen LogP contribution is 2.22. The number of urea groups is 1. The smallest absolute Gasteiger partial charge is 0.325 e. The summed E-state index contributed by atoms with van der Waals surface area (Å²) in [7, 11) is 0. The number of hydrogen-bond donors (Lipinski definition) is 2. The quantitative estimate of drug-likeness (QED) is 0.728. The molecule has 0 saturated heterocycles. The molecule has 0 fully saturated rings. The van der Waals surface area contributed by atoms with Crippen molar-refractivity contribution in [1.82, 2.24) is 15.4 Å². The van der Waals surface area contributed by atoms with Gasteiger partial charge >= 0.3 is 6.03 Å². The van der Waals surface area contributed by atoms with Crippen molar-refractivity contribution in [2.45, 2.75) is 20.3 Å². The first-order valence-electron chi connectivity index (χ1n) is 7.24. The SMILES string of the molecule is CCc1noc(C)c1NC(=O)Nc1nnc(C=Cc2ccco2)s1. The number of amides is 2. The third kappa shape index (κ3) is 3.69. The highest BCUT2D eigenvalue weighted by Gasteiger charge is 2.15. The lowest BCUT2D eigenvalue weighted by molar-refractivity contribution is 0.262. The van der Waals surface area contributed by atoms with Crippen LogP contribution in [0.4, 0.5) is 15.6 Å². The molecule has 3 heterocycles. The van der Waals surface area contributed by atoms with E-state index in [9.17, 15) is 4.79 Å².